The smallest absolute Gasteiger partial charge is 0.244 e. The van der Waals surface area contributed by atoms with Gasteiger partial charge in [-0.05, 0) is 18.8 Å². The average molecular weight is 155 g/mol. The van der Waals surface area contributed by atoms with Gasteiger partial charge in [0.05, 0.1) is 0 Å². The van der Waals surface area contributed by atoms with Gasteiger partial charge in [0.1, 0.15) is 0 Å². The third-order valence-electron chi connectivity index (χ3n) is 1.53. The van der Waals surface area contributed by atoms with Crippen molar-refractivity contribution < 1.29 is 4.79 Å². The van der Waals surface area contributed by atoms with Crippen LogP contribution in [0, 0.1) is 5.92 Å². The number of primary amides is 1. The van der Waals surface area contributed by atoms with Gasteiger partial charge in [0, 0.05) is 5.57 Å². The Morgan fingerprint density at radius 3 is 2.36 bits per heavy atom. The molecule has 0 aliphatic rings. The molecule has 0 aromatic rings. The fourth-order valence-corrected chi connectivity index (χ4v) is 0.797. The Labute approximate surface area is 68.5 Å². The van der Waals surface area contributed by atoms with Crippen LogP contribution >= 0.6 is 0 Å². The molecule has 0 bridgehead atoms. The van der Waals surface area contributed by atoms with Crippen LogP contribution < -0.4 is 5.73 Å². The Kier molecular flexibility index (Phi) is 4.59. The lowest BCUT2D eigenvalue weighted by atomic mass is 10.1. The van der Waals surface area contributed by atoms with Crippen LogP contribution in [0.15, 0.2) is 11.6 Å². The molecule has 0 rings (SSSR count). The molecule has 0 atom stereocenters. The molecule has 0 aliphatic heterocycles. The molecule has 1 amide bonds. The van der Waals surface area contributed by atoms with Gasteiger partial charge in [-0.15, -0.1) is 0 Å². The summed E-state index contributed by atoms with van der Waals surface area (Å²) >= 11 is 0. The third-order valence-corrected chi connectivity index (χ3v) is 1.53. The Bertz CT molecular complexity index is 159. The van der Waals surface area contributed by atoms with Gasteiger partial charge in [-0.3, -0.25) is 4.79 Å². The highest BCUT2D eigenvalue weighted by Gasteiger charge is 2.00. The largest absolute Gasteiger partial charge is 0.366 e. The fourth-order valence-electron chi connectivity index (χ4n) is 0.797. The van der Waals surface area contributed by atoms with E-state index in [9.17, 15) is 4.79 Å². The van der Waals surface area contributed by atoms with Gasteiger partial charge in [-0.25, -0.2) is 0 Å². The Balaban J connectivity index is 4.02. The predicted molar refractivity (Wildman–Crippen MR) is 47.0 cm³/mol. The third kappa shape index (κ3) is 4.59. The van der Waals surface area contributed by atoms with Gasteiger partial charge in [0.15, 0.2) is 0 Å². The van der Waals surface area contributed by atoms with Crippen LogP contribution in [0.1, 0.15) is 33.6 Å². The molecule has 2 heteroatoms. The number of nitrogens with two attached hydrogens (primary N) is 1. The number of carbonyl (C=O) groups excluding carboxylic acids is 1. The monoisotopic (exact) mass is 155 g/mol. The first-order valence-corrected chi connectivity index (χ1v) is 4.06. The minimum Gasteiger partial charge on any atom is -0.366 e. The van der Waals surface area contributed by atoms with Crippen molar-refractivity contribution in [1.29, 1.82) is 0 Å². The van der Waals surface area contributed by atoms with E-state index >= 15 is 0 Å². The molecule has 0 saturated heterocycles. The minimum absolute atomic E-state index is 0.284. The second-order valence-electron chi connectivity index (χ2n) is 3.08. The second-order valence-corrected chi connectivity index (χ2v) is 3.08. The standard InChI is InChI=1S/C9H17NO/c1-4-8(9(10)11)6-5-7(2)3/h6-7H,4-5H2,1-3H3,(H2,10,11)/b8-6+. The van der Waals surface area contributed by atoms with Crippen LogP contribution in [0.2, 0.25) is 0 Å². The van der Waals surface area contributed by atoms with Crippen LogP contribution in [0.5, 0.6) is 0 Å². The number of amides is 1. The van der Waals surface area contributed by atoms with E-state index in [1.54, 1.807) is 0 Å². The van der Waals surface area contributed by atoms with E-state index in [1.807, 2.05) is 13.0 Å². The van der Waals surface area contributed by atoms with Crippen LogP contribution in [0.25, 0.3) is 0 Å². The van der Waals surface area contributed by atoms with Crippen molar-refractivity contribution >= 4 is 5.91 Å². The zero-order chi connectivity index (χ0) is 8.85. The summed E-state index contributed by atoms with van der Waals surface area (Å²) in [4.78, 5) is 10.7. The van der Waals surface area contributed by atoms with Crippen LogP contribution in [0.3, 0.4) is 0 Å². The Hall–Kier alpha value is -0.790. The molecule has 0 radical (unpaired) electrons. The summed E-state index contributed by atoms with van der Waals surface area (Å²) in [7, 11) is 0. The summed E-state index contributed by atoms with van der Waals surface area (Å²) in [6.07, 6.45) is 3.61. The highest BCUT2D eigenvalue weighted by Crippen LogP contribution is 2.06. The van der Waals surface area contributed by atoms with E-state index in [0.29, 0.717) is 5.92 Å². The molecule has 2 N–H and O–H groups in total. The predicted octanol–water partition coefficient (Wildman–Crippen LogP) is 1.85. The maximum Gasteiger partial charge on any atom is 0.244 e. The van der Waals surface area contributed by atoms with Gasteiger partial charge in [0.25, 0.3) is 0 Å². The molecule has 64 valence electrons. The normalized spacial score (nSPS) is 12.2. The highest BCUT2D eigenvalue weighted by atomic mass is 16.1. The molecule has 0 aromatic heterocycles. The SMILES string of the molecule is CC/C(=C\CC(C)C)C(N)=O. The van der Waals surface area contributed by atoms with Crippen molar-refractivity contribution in [2.24, 2.45) is 11.7 Å². The molecule has 0 spiro atoms. The molecule has 0 aliphatic carbocycles. The van der Waals surface area contributed by atoms with Gasteiger partial charge in [-0.1, -0.05) is 26.8 Å². The maximum atomic E-state index is 10.7. The number of hydrogen-bond donors (Lipinski definition) is 1. The van der Waals surface area contributed by atoms with E-state index in [2.05, 4.69) is 13.8 Å². The van der Waals surface area contributed by atoms with E-state index in [0.717, 1.165) is 18.4 Å². The van der Waals surface area contributed by atoms with Crippen molar-refractivity contribution in [1.82, 2.24) is 0 Å². The van der Waals surface area contributed by atoms with Crippen molar-refractivity contribution in [3.05, 3.63) is 11.6 Å². The van der Waals surface area contributed by atoms with Crippen LogP contribution in [-0.4, -0.2) is 5.91 Å². The molecule has 0 saturated carbocycles. The summed E-state index contributed by atoms with van der Waals surface area (Å²) in [6, 6.07) is 0. The van der Waals surface area contributed by atoms with E-state index < -0.39 is 0 Å². The van der Waals surface area contributed by atoms with E-state index in [1.165, 1.54) is 0 Å². The molecule has 0 heterocycles. The molecule has 11 heavy (non-hydrogen) atoms. The van der Waals surface area contributed by atoms with E-state index in [4.69, 9.17) is 5.73 Å². The zero-order valence-electron chi connectivity index (χ0n) is 7.55. The summed E-state index contributed by atoms with van der Waals surface area (Å²) < 4.78 is 0. The fraction of sp³-hybridized carbons (Fsp3) is 0.667. The summed E-state index contributed by atoms with van der Waals surface area (Å²) in [5.41, 5.74) is 5.88. The van der Waals surface area contributed by atoms with Gasteiger partial charge in [0.2, 0.25) is 5.91 Å². The molecule has 0 aromatic carbocycles. The number of hydrogen-bond acceptors (Lipinski definition) is 1. The van der Waals surface area contributed by atoms with Crippen LogP contribution in [-0.2, 0) is 4.79 Å². The minimum atomic E-state index is -0.284. The van der Waals surface area contributed by atoms with E-state index in [-0.39, 0.29) is 5.91 Å². The highest BCUT2D eigenvalue weighted by molar-refractivity contribution is 5.91. The Morgan fingerprint density at radius 2 is 2.09 bits per heavy atom. The Morgan fingerprint density at radius 1 is 1.55 bits per heavy atom. The first-order chi connectivity index (χ1) is 5.07. The van der Waals surface area contributed by atoms with Crippen molar-refractivity contribution in [3.8, 4) is 0 Å². The maximum absolute atomic E-state index is 10.7. The zero-order valence-corrected chi connectivity index (χ0v) is 7.55. The number of carbonyl (C=O) groups is 1. The molecular weight excluding hydrogens is 138 g/mol. The first-order valence-electron chi connectivity index (χ1n) is 4.06. The molecular formula is C9H17NO. The summed E-state index contributed by atoms with van der Waals surface area (Å²) in [5, 5.41) is 0. The topological polar surface area (TPSA) is 43.1 Å². The summed E-state index contributed by atoms with van der Waals surface area (Å²) in [5.74, 6) is 0.309. The quantitative estimate of drug-likeness (QED) is 0.618. The lowest BCUT2D eigenvalue weighted by molar-refractivity contribution is -0.114. The molecule has 0 fully saturated rings. The van der Waals surface area contributed by atoms with Gasteiger partial charge < -0.3 is 5.73 Å². The molecule has 0 unspecified atom stereocenters. The van der Waals surface area contributed by atoms with Crippen LogP contribution in [0.4, 0.5) is 0 Å². The van der Waals surface area contributed by atoms with Gasteiger partial charge in [-0.2, -0.15) is 0 Å². The summed E-state index contributed by atoms with van der Waals surface area (Å²) in [6.45, 7) is 6.17. The lowest BCUT2D eigenvalue weighted by Crippen LogP contribution is -2.13. The van der Waals surface area contributed by atoms with Crippen molar-refractivity contribution in [2.45, 2.75) is 33.6 Å². The first kappa shape index (κ1) is 10.2. The van der Waals surface area contributed by atoms with Gasteiger partial charge >= 0.3 is 0 Å². The second kappa shape index (κ2) is 4.94. The molecule has 2 nitrogen and oxygen atoms in total. The number of rotatable bonds is 4. The average Bonchev–Trinajstić information content (AvgIpc) is 1.87. The van der Waals surface area contributed by atoms with Crippen molar-refractivity contribution in [2.75, 3.05) is 0 Å². The lowest BCUT2D eigenvalue weighted by Gasteiger charge is -2.01. The number of allylic oxidation sites excluding steroid dienone is 1. The van der Waals surface area contributed by atoms with Crippen molar-refractivity contribution in [3.63, 3.8) is 0 Å².